The number of nitrogens with two attached hydrogens (primary N) is 1. The van der Waals surface area contributed by atoms with E-state index in [1.165, 1.54) is 4.68 Å². The highest BCUT2D eigenvalue weighted by Crippen LogP contribution is 2.26. The predicted molar refractivity (Wildman–Crippen MR) is 125 cm³/mol. The second-order valence-electron chi connectivity index (χ2n) is 6.17. The third-order valence-electron chi connectivity index (χ3n) is 4.03. The van der Waals surface area contributed by atoms with E-state index in [0.29, 0.717) is 20.9 Å². The van der Waals surface area contributed by atoms with Gasteiger partial charge in [-0.2, -0.15) is 5.10 Å². The van der Waals surface area contributed by atoms with Crippen molar-refractivity contribution in [3.8, 4) is 5.75 Å². The topological polar surface area (TPSA) is 119 Å². The smallest absolute Gasteiger partial charge is 0.264 e. The van der Waals surface area contributed by atoms with Crippen molar-refractivity contribution in [2.45, 2.75) is 12.1 Å². The molecule has 9 nitrogen and oxygen atoms in total. The van der Waals surface area contributed by atoms with Gasteiger partial charge < -0.3 is 15.9 Å². The van der Waals surface area contributed by atoms with E-state index >= 15 is 0 Å². The van der Waals surface area contributed by atoms with Crippen LogP contribution >= 0.6 is 35.0 Å². The average Bonchev–Trinajstić information content (AvgIpc) is 3.12. The summed E-state index contributed by atoms with van der Waals surface area (Å²) in [6.45, 7) is 1.84. The first kappa shape index (κ1) is 22.7. The van der Waals surface area contributed by atoms with Gasteiger partial charge in [-0.3, -0.25) is 4.79 Å². The fraction of sp³-hybridized carbons (Fsp3) is 0.158. The first-order chi connectivity index (χ1) is 14.9. The lowest BCUT2D eigenvalue weighted by Gasteiger charge is -2.07. The molecule has 0 aliphatic heterocycles. The highest BCUT2D eigenvalue weighted by molar-refractivity contribution is 7.99. The molecular weight excluding hydrogens is 461 g/mol. The number of amides is 1. The number of aromatic nitrogens is 3. The van der Waals surface area contributed by atoms with Crippen LogP contribution in [0.5, 0.6) is 5.75 Å². The van der Waals surface area contributed by atoms with Crippen molar-refractivity contribution >= 4 is 58.2 Å². The molecule has 1 heterocycles. The number of thioether (sulfide) groups is 1. The molecule has 31 heavy (non-hydrogen) atoms. The van der Waals surface area contributed by atoms with E-state index in [-0.39, 0.29) is 17.6 Å². The number of rotatable bonds is 8. The molecule has 0 spiro atoms. The van der Waals surface area contributed by atoms with Crippen LogP contribution < -0.4 is 21.3 Å². The first-order valence-corrected chi connectivity index (χ1v) is 10.6. The first-order valence-electron chi connectivity index (χ1n) is 8.90. The Bertz CT molecular complexity index is 1100. The molecule has 0 radical (unpaired) electrons. The number of nitrogens with one attached hydrogen (secondary N) is 2. The average molecular weight is 480 g/mol. The van der Waals surface area contributed by atoms with E-state index in [2.05, 4.69) is 26.0 Å². The van der Waals surface area contributed by atoms with E-state index in [4.69, 9.17) is 33.8 Å². The number of hydrogen-bond donors (Lipinski definition) is 3. The minimum Gasteiger partial charge on any atom is -0.497 e. The van der Waals surface area contributed by atoms with Crippen LogP contribution in [0.1, 0.15) is 12.5 Å². The number of anilines is 2. The fourth-order valence-electron chi connectivity index (χ4n) is 2.39. The summed E-state index contributed by atoms with van der Waals surface area (Å²) in [6.07, 6.45) is 0. The van der Waals surface area contributed by atoms with E-state index in [1.54, 1.807) is 25.3 Å². The summed E-state index contributed by atoms with van der Waals surface area (Å²) in [4.78, 5) is 12.2. The highest BCUT2D eigenvalue weighted by atomic mass is 35.5. The van der Waals surface area contributed by atoms with Crippen molar-refractivity contribution in [2.75, 3.05) is 29.4 Å². The number of ether oxygens (including phenoxy) is 1. The number of hydrazone groups is 1. The van der Waals surface area contributed by atoms with Gasteiger partial charge in [-0.05, 0) is 55.0 Å². The number of carbonyl (C=O) groups excluding carboxylic acids is 1. The lowest BCUT2D eigenvalue weighted by Crippen LogP contribution is -2.17. The molecule has 0 fully saturated rings. The normalized spacial score (nSPS) is 11.3. The summed E-state index contributed by atoms with van der Waals surface area (Å²) in [6, 6.07) is 12.3. The Balaban J connectivity index is 1.57. The highest BCUT2D eigenvalue weighted by Gasteiger charge is 2.13. The molecule has 0 saturated carbocycles. The van der Waals surface area contributed by atoms with Gasteiger partial charge in [0.15, 0.2) is 0 Å². The lowest BCUT2D eigenvalue weighted by atomic mass is 10.1. The van der Waals surface area contributed by atoms with Crippen molar-refractivity contribution in [1.82, 2.24) is 14.9 Å². The zero-order chi connectivity index (χ0) is 22.4. The van der Waals surface area contributed by atoms with E-state index in [0.717, 1.165) is 28.8 Å². The third-order valence-corrected chi connectivity index (χ3v) is 5.52. The lowest BCUT2D eigenvalue weighted by molar-refractivity contribution is -0.113. The van der Waals surface area contributed by atoms with Crippen molar-refractivity contribution in [3.05, 3.63) is 58.1 Å². The van der Waals surface area contributed by atoms with Crippen LogP contribution in [0.3, 0.4) is 0 Å². The summed E-state index contributed by atoms with van der Waals surface area (Å²) in [7, 11) is 1.61. The minimum atomic E-state index is -0.278. The maximum atomic E-state index is 12.2. The van der Waals surface area contributed by atoms with E-state index in [1.807, 2.05) is 31.2 Å². The molecule has 0 aliphatic rings. The largest absolute Gasteiger partial charge is 0.497 e. The number of hydrogen-bond acceptors (Lipinski definition) is 8. The Morgan fingerprint density at radius 2 is 1.97 bits per heavy atom. The van der Waals surface area contributed by atoms with E-state index < -0.39 is 0 Å². The SMILES string of the molecule is COc1ccc(/C(C)=N/Nc2nnc(SCC(=O)Nc3ccc(Cl)cc3Cl)n2N)cc1. The van der Waals surface area contributed by atoms with Crippen LogP contribution in [-0.4, -0.2) is 39.4 Å². The van der Waals surface area contributed by atoms with Gasteiger partial charge in [-0.1, -0.05) is 35.0 Å². The van der Waals surface area contributed by atoms with Crippen molar-refractivity contribution in [1.29, 1.82) is 0 Å². The zero-order valence-corrected chi connectivity index (χ0v) is 18.9. The molecule has 1 amide bonds. The number of nitrogens with zero attached hydrogens (tertiary/aromatic N) is 4. The molecule has 0 saturated heterocycles. The Hall–Kier alpha value is -2.95. The molecule has 1 aromatic heterocycles. The maximum Gasteiger partial charge on any atom is 0.264 e. The van der Waals surface area contributed by atoms with Crippen LogP contribution in [0.4, 0.5) is 11.6 Å². The van der Waals surface area contributed by atoms with Crippen molar-refractivity contribution in [2.24, 2.45) is 5.10 Å². The van der Waals surface area contributed by atoms with E-state index in [9.17, 15) is 4.79 Å². The molecule has 2 aromatic carbocycles. The molecule has 3 aromatic rings. The summed E-state index contributed by atoms with van der Waals surface area (Å²) < 4.78 is 6.36. The maximum absolute atomic E-state index is 12.2. The van der Waals surface area contributed by atoms with Gasteiger partial charge in [0.2, 0.25) is 11.1 Å². The van der Waals surface area contributed by atoms with Crippen LogP contribution in [0.15, 0.2) is 52.7 Å². The van der Waals surface area contributed by atoms with Crippen LogP contribution in [0, 0.1) is 0 Å². The summed E-state index contributed by atoms with van der Waals surface area (Å²) >= 11 is 13.0. The zero-order valence-electron chi connectivity index (χ0n) is 16.6. The molecule has 3 rings (SSSR count). The fourth-order valence-corrected chi connectivity index (χ4v) is 3.50. The van der Waals surface area contributed by atoms with Crippen molar-refractivity contribution in [3.63, 3.8) is 0 Å². The predicted octanol–water partition coefficient (Wildman–Crippen LogP) is 3.87. The standard InChI is InChI=1S/C19H19Cl2N7O2S/c1-11(12-3-6-14(30-2)7-4-12)24-25-18-26-27-19(28(18)22)31-10-17(29)23-16-8-5-13(20)9-15(16)21/h3-9H,10,22H2,1-2H3,(H,23,29)(H,25,26)/b24-11+. The van der Waals surface area contributed by atoms with Gasteiger partial charge in [0, 0.05) is 5.02 Å². The summed E-state index contributed by atoms with van der Waals surface area (Å²) in [5.41, 5.74) is 4.87. The number of carbonyl (C=O) groups is 1. The Morgan fingerprint density at radius 1 is 1.23 bits per heavy atom. The second-order valence-corrected chi connectivity index (χ2v) is 7.96. The molecule has 12 heteroatoms. The Labute approximate surface area is 192 Å². The van der Waals surface area contributed by atoms with Gasteiger partial charge in [0.05, 0.1) is 29.3 Å². The van der Waals surface area contributed by atoms with Crippen LogP contribution in [0.25, 0.3) is 0 Å². The number of halogens is 2. The molecular formula is C19H19Cl2N7O2S. The van der Waals surface area contributed by atoms with Gasteiger partial charge in [-0.25, -0.2) is 10.1 Å². The van der Waals surface area contributed by atoms with Gasteiger partial charge in [0.1, 0.15) is 5.75 Å². The molecule has 162 valence electrons. The molecule has 0 bridgehead atoms. The van der Waals surface area contributed by atoms with Gasteiger partial charge >= 0.3 is 0 Å². The Morgan fingerprint density at radius 3 is 2.65 bits per heavy atom. The monoisotopic (exact) mass is 479 g/mol. The van der Waals surface area contributed by atoms with Crippen LogP contribution in [0.2, 0.25) is 10.0 Å². The molecule has 4 N–H and O–H groups in total. The number of methoxy groups -OCH3 is 1. The van der Waals surface area contributed by atoms with Crippen molar-refractivity contribution < 1.29 is 9.53 Å². The third kappa shape index (κ3) is 6.03. The Kier molecular flexibility index (Phi) is 7.61. The minimum absolute atomic E-state index is 0.0580. The second kappa shape index (κ2) is 10.4. The van der Waals surface area contributed by atoms with Crippen LogP contribution in [-0.2, 0) is 4.79 Å². The van der Waals surface area contributed by atoms with Gasteiger partial charge in [-0.15, -0.1) is 10.2 Å². The molecule has 0 atom stereocenters. The summed E-state index contributed by atoms with van der Waals surface area (Å²) in [5, 5.41) is 16.1. The number of benzene rings is 2. The number of nitrogen functional groups attached to an aromatic ring is 1. The quantitative estimate of drug-likeness (QED) is 0.194. The molecule has 0 unspecified atom stereocenters. The molecule has 0 aliphatic carbocycles. The van der Waals surface area contributed by atoms with Gasteiger partial charge in [0.25, 0.3) is 5.95 Å². The summed E-state index contributed by atoms with van der Waals surface area (Å²) in [5.74, 6) is 6.77.